The second-order valence-electron chi connectivity index (χ2n) is 2.66. The van der Waals surface area contributed by atoms with Gasteiger partial charge in [0.05, 0.1) is 6.17 Å². The maximum absolute atomic E-state index is 10.6. The highest BCUT2D eigenvalue weighted by Crippen LogP contribution is 2.05. The maximum atomic E-state index is 10.6. The van der Waals surface area contributed by atoms with Gasteiger partial charge in [0.25, 0.3) is 0 Å². The van der Waals surface area contributed by atoms with Crippen LogP contribution in [0.3, 0.4) is 0 Å². The molecule has 0 aromatic rings. The third-order valence-electron chi connectivity index (χ3n) is 1.30. The molecule has 0 heterocycles. The van der Waals surface area contributed by atoms with Gasteiger partial charge >= 0.3 is 5.97 Å². The third kappa shape index (κ3) is 5.88. The molecule has 0 aromatic heterocycles. The Bertz CT molecular complexity index is 157. The zero-order valence-electron chi connectivity index (χ0n) is 7.32. The van der Waals surface area contributed by atoms with Gasteiger partial charge in [0.2, 0.25) is 0 Å². The molecule has 0 amide bonds. The molecule has 4 nitrogen and oxygen atoms in total. The van der Waals surface area contributed by atoms with Crippen LogP contribution in [0.2, 0.25) is 0 Å². The van der Waals surface area contributed by atoms with Crippen molar-refractivity contribution in [3.8, 4) is 0 Å². The summed E-state index contributed by atoms with van der Waals surface area (Å²) in [5.74, 6) is -0.317. The Kier molecular flexibility index (Phi) is 5.32. The summed E-state index contributed by atoms with van der Waals surface area (Å²) in [6.07, 6.45) is 2.04. The minimum Gasteiger partial charge on any atom is -0.462 e. The van der Waals surface area contributed by atoms with Crippen LogP contribution >= 0.6 is 0 Å². The van der Waals surface area contributed by atoms with Gasteiger partial charge in [-0.3, -0.25) is 4.79 Å². The molecule has 0 fully saturated rings. The van der Waals surface area contributed by atoms with E-state index in [1.165, 1.54) is 6.92 Å². The molecule has 0 aliphatic heterocycles. The van der Waals surface area contributed by atoms with E-state index in [4.69, 9.17) is 16.2 Å². The highest BCUT2D eigenvalue weighted by Gasteiger charge is 2.12. The average molecular weight is 172 g/mol. The molecule has 4 N–H and O–H groups in total. The van der Waals surface area contributed by atoms with E-state index in [9.17, 15) is 4.79 Å². The topological polar surface area (TPSA) is 78.3 Å². The molecule has 1 unspecified atom stereocenters. The van der Waals surface area contributed by atoms with E-state index < -0.39 is 6.17 Å². The maximum Gasteiger partial charge on any atom is 0.302 e. The van der Waals surface area contributed by atoms with E-state index in [-0.39, 0.29) is 12.1 Å². The first-order chi connectivity index (χ1) is 5.56. The normalized spacial score (nSPS) is 12.7. The van der Waals surface area contributed by atoms with Gasteiger partial charge in [-0.05, 0) is 0 Å². The van der Waals surface area contributed by atoms with Crippen molar-refractivity contribution in [1.29, 1.82) is 0 Å². The molecule has 0 aromatic carbocycles. The van der Waals surface area contributed by atoms with E-state index in [1.54, 1.807) is 6.08 Å². The number of carbonyl (C=O) groups is 1. The summed E-state index contributed by atoms with van der Waals surface area (Å²) >= 11 is 0. The van der Waals surface area contributed by atoms with Crippen LogP contribution in [0.5, 0.6) is 0 Å². The standard InChI is InChI=1S/C8H16N2O2/c1-3-4-7(5-8(9)10)12-6(2)11/h3,7-8H,1,4-5,9-10H2,2H3. The van der Waals surface area contributed by atoms with Crippen molar-refractivity contribution in [2.24, 2.45) is 11.5 Å². The minimum atomic E-state index is -0.450. The zero-order valence-corrected chi connectivity index (χ0v) is 7.32. The Morgan fingerprint density at radius 3 is 2.58 bits per heavy atom. The Morgan fingerprint density at radius 1 is 1.67 bits per heavy atom. The molecule has 0 saturated heterocycles. The second-order valence-corrected chi connectivity index (χ2v) is 2.66. The van der Waals surface area contributed by atoms with Crippen molar-refractivity contribution in [2.45, 2.75) is 32.0 Å². The fraction of sp³-hybridized carbons (Fsp3) is 0.625. The summed E-state index contributed by atoms with van der Waals surface area (Å²) in [4.78, 5) is 10.6. The van der Waals surface area contributed by atoms with Crippen LogP contribution in [0.15, 0.2) is 12.7 Å². The number of ether oxygens (including phenoxy) is 1. The monoisotopic (exact) mass is 172 g/mol. The highest BCUT2D eigenvalue weighted by atomic mass is 16.5. The number of hydrogen-bond donors (Lipinski definition) is 2. The van der Waals surface area contributed by atoms with Crippen LogP contribution in [0.1, 0.15) is 19.8 Å². The van der Waals surface area contributed by atoms with E-state index in [1.807, 2.05) is 0 Å². The SMILES string of the molecule is C=CCC(CC(N)N)OC(C)=O. The third-order valence-corrected chi connectivity index (χ3v) is 1.30. The molecular weight excluding hydrogens is 156 g/mol. The lowest BCUT2D eigenvalue weighted by atomic mass is 10.1. The molecule has 70 valence electrons. The quantitative estimate of drug-likeness (QED) is 0.351. The van der Waals surface area contributed by atoms with Gasteiger partial charge in [0, 0.05) is 19.8 Å². The van der Waals surface area contributed by atoms with Crippen LogP contribution in [-0.2, 0) is 9.53 Å². The number of rotatable bonds is 5. The van der Waals surface area contributed by atoms with E-state index in [0.29, 0.717) is 12.8 Å². The molecule has 4 heteroatoms. The number of nitrogens with two attached hydrogens (primary N) is 2. The van der Waals surface area contributed by atoms with Crippen molar-refractivity contribution in [2.75, 3.05) is 0 Å². The number of carbonyl (C=O) groups excluding carboxylic acids is 1. The molecule has 0 aliphatic carbocycles. The Morgan fingerprint density at radius 2 is 2.25 bits per heavy atom. The first-order valence-electron chi connectivity index (χ1n) is 3.85. The van der Waals surface area contributed by atoms with E-state index >= 15 is 0 Å². The summed E-state index contributed by atoms with van der Waals surface area (Å²) in [6, 6.07) is 0. The van der Waals surface area contributed by atoms with Crippen LogP contribution in [0, 0.1) is 0 Å². The average Bonchev–Trinajstić information content (AvgIpc) is 1.84. The lowest BCUT2D eigenvalue weighted by molar-refractivity contribution is -0.146. The summed E-state index contributed by atoms with van der Waals surface area (Å²) in [5, 5.41) is 0. The first kappa shape index (κ1) is 11.1. The summed E-state index contributed by atoms with van der Waals surface area (Å²) in [5.41, 5.74) is 10.7. The molecule has 0 saturated carbocycles. The summed E-state index contributed by atoms with van der Waals surface area (Å²) in [6.45, 7) is 4.90. The predicted octanol–water partition coefficient (Wildman–Crippen LogP) is 0.128. The molecule has 0 radical (unpaired) electrons. The largest absolute Gasteiger partial charge is 0.462 e. The lowest BCUT2D eigenvalue weighted by Crippen LogP contribution is -2.35. The number of hydrogen-bond acceptors (Lipinski definition) is 4. The number of esters is 1. The minimum absolute atomic E-state index is 0.236. The van der Waals surface area contributed by atoms with Crippen molar-refractivity contribution in [3.63, 3.8) is 0 Å². The van der Waals surface area contributed by atoms with Gasteiger partial charge in [-0.1, -0.05) is 6.08 Å². The zero-order chi connectivity index (χ0) is 9.56. The highest BCUT2D eigenvalue weighted by molar-refractivity contribution is 5.66. The molecule has 0 spiro atoms. The van der Waals surface area contributed by atoms with Crippen LogP contribution in [0.25, 0.3) is 0 Å². The van der Waals surface area contributed by atoms with Gasteiger partial charge < -0.3 is 16.2 Å². The predicted molar refractivity (Wildman–Crippen MR) is 47.1 cm³/mol. The van der Waals surface area contributed by atoms with Gasteiger partial charge in [-0.2, -0.15) is 0 Å². The summed E-state index contributed by atoms with van der Waals surface area (Å²) < 4.78 is 4.93. The Hall–Kier alpha value is -0.870. The molecule has 0 rings (SSSR count). The molecule has 0 bridgehead atoms. The summed E-state index contributed by atoms with van der Waals surface area (Å²) in [7, 11) is 0. The van der Waals surface area contributed by atoms with Gasteiger partial charge in [-0.25, -0.2) is 0 Å². The van der Waals surface area contributed by atoms with Gasteiger partial charge in [0.1, 0.15) is 6.10 Å². The smallest absolute Gasteiger partial charge is 0.302 e. The lowest BCUT2D eigenvalue weighted by Gasteiger charge is -2.16. The Labute approximate surface area is 72.6 Å². The van der Waals surface area contributed by atoms with Crippen LogP contribution < -0.4 is 11.5 Å². The fourth-order valence-corrected chi connectivity index (χ4v) is 0.917. The Balaban J connectivity index is 3.85. The molecule has 1 atom stereocenters. The van der Waals surface area contributed by atoms with Crippen molar-refractivity contribution in [3.05, 3.63) is 12.7 Å². The van der Waals surface area contributed by atoms with Crippen molar-refractivity contribution < 1.29 is 9.53 Å². The van der Waals surface area contributed by atoms with Crippen LogP contribution in [-0.4, -0.2) is 18.2 Å². The van der Waals surface area contributed by atoms with Gasteiger partial charge in [0.15, 0.2) is 0 Å². The van der Waals surface area contributed by atoms with Crippen molar-refractivity contribution >= 4 is 5.97 Å². The van der Waals surface area contributed by atoms with Gasteiger partial charge in [-0.15, -0.1) is 6.58 Å². The molecule has 12 heavy (non-hydrogen) atoms. The van der Waals surface area contributed by atoms with Crippen molar-refractivity contribution in [1.82, 2.24) is 0 Å². The second kappa shape index (κ2) is 5.74. The fourth-order valence-electron chi connectivity index (χ4n) is 0.917. The van der Waals surface area contributed by atoms with E-state index in [0.717, 1.165) is 0 Å². The van der Waals surface area contributed by atoms with E-state index in [2.05, 4.69) is 6.58 Å². The molecule has 0 aliphatic rings. The van der Waals surface area contributed by atoms with Crippen LogP contribution in [0.4, 0.5) is 0 Å². The molecular formula is C8H16N2O2. The first-order valence-corrected chi connectivity index (χ1v) is 3.85.